The number of benzene rings is 2. The number of nitrogens with one attached hydrogen (secondary N) is 1. The lowest BCUT2D eigenvalue weighted by atomic mass is 9.91. The molecular weight excluding hydrogens is 500 g/mol. The second-order valence-electron chi connectivity index (χ2n) is 9.91. The van der Waals surface area contributed by atoms with E-state index in [1.807, 2.05) is 50.2 Å². The van der Waals surface area contributed by atoms with E-state index in [0.717, 1.165) is 42.6 Å². The highest BCUT2D eigenvalue weighted by Crippen LogP contribution is 2.33. The second kappa shape index (κ2) is 10.5. The largest absolute Gasteiger partial charge is 0.439 e. The van der Waals surface area contributed by atoms with Gasteiger partial charge in [0.15, 0.2) is 0 Å². The van der Waals surface area contributed by atoms with Gasteiger partial charge < -0.3 is 9.64 Å². The van der Waals surface area contributed by atoms with Gasteiger partial charge >= 0.3 is 0 Å². The molecule has 1 saturated heterocycles. The lowest BCUT2D eigenvalue weighted by Gasteiger charge is -2.30. The minimum absolute atomic E-state index is 0.0219. The summed E-state index contributed by atoms with van der Waals surface area (Å²) in [6, 6.07) is 15.8. The van der Waals surface area contributed by atoms with E-state index in [1.54, 1.807) is 13.1 Å². The molecule has 1 aliphatic rings. The van der Waals surface area contributed by atoms with Crippen LogP contribution in [0.1, 0.15) is 35.4 Å². The number of hydrogen-bond acceptors (Lipinski definition) is 7. The first kappa shape index (κ1) is 25.9. The zero-order chi connectivity index (χ0) is 26.9. The number of hydrogen-bond donors (Lipinski definition) is 1. The van der Waals surface area contributed by atoms with Crippen LogP contribution < -0.4 is 9.46 Å². The van der Waals surface area contributed by atoms with Crippen LogP contribution in [-0.2, 0) is 17.1 Å². The fourth-order valence-electron chi connectivity index (χ4n) is 4.98. The van der Waals surface area contributed by atoms with Crippen molar-refractivity contribution in [3.63, 3.8) is 0 Å². The minimum Gasteiger partial charge on any atom is -0.439 e. The number of likely N-dealkylation sites (tertiary alicyclic amines) is 1. The van der Waals surface area contributed by atoms with Gasteiger partial charge in [-0.25, -0.2) is 18.1 Å². The molecule has 1 atom stereocenters. The van der Waals surface area contributed by atoms with Crippen LogP contribution in [0.4, 0.5) is 5.95 Å². The number of nitrogens with zero attached hydrogens (tertiary/aromatic N) is 5. The predicted molar refractivity (Wildman–Crippen MR) is 147 cm³/mol. The SMILES string of the molecule is Cc1cccc(C)c1-c1cc(Oc2cccc(C3CCCN(C)C3)c2)nc(NS(=O)(=O)c2cnn(C)c2)n1. The van der Waals surface area contributed by atoms with Gasteiger partial charge in [-0.15, -0.1) is 0 Å². The van der Waals surface area contributed by atoms with Crippen molar-refractivity contribution in [2.75, 3.05) is 24.9 Å². The zero-order valence-corrected chi connectivity index (χ0v) is 22.9. The predicted octanol–water partition coefficient (Wildman–Crippen LogP) is 4.90. The van der Waals surface area contributed by atoms with E-state index >= 15 is 0 Å². The summed E-state index contributed by atoms with van der Waals surface area (Å²) in [5.74, 6) is 1.26. The van der Waals surface area contributed by atoms with E-state index in [4.69, 9.17) is 4.74 Å². The quantitative estimate of drug-likeness (QED) is 0.361. The first-order chi connectivity index (χ1) is 18.2. The molecule has 1 aliphatic heterocycles. The van der Waals surface area contributed by atoms with Gasteiger partial charge in [0, 0.05) is 31.4 Å². The third-order valence-corrected chi connectivity index (χ3v) is 8.12. The van der Waals surface area contributed by atoms with Crippen molar-refractivity contribution in [3.05, 3.63) is 77.6 Å². The van der Waals surface area contributed by atoms with Crippen LogP contribution in [0, 0.1) is 13.8 Å². The number of anilines is 1. The average molecular weight is 533 g/mol. The fourth-order valence-corrected chi connectivity index (χ4v) is 5.90. The Morgan fingerprint density at radius 3 is 2.50 bits per heavy atom. The van der Waals surface area contributed by atoms with Crippen molar-refractivity contribution in [3.8, 4) is 22.9 Å². The molecule has 1 fully saturated rings. The molecule has 38 heavy (non-hydrogen) atoms. The number of piperidine rings is 1. The standard InChI is InChI=1S/C28H32N6O3S/c1-19-8-5-9-20(2)27(19)25-15-26(31-28(30-25)32-38(35,36)24-16-29-34(4)18-24)37-23-12-6-10-21(14-23)22-11-7-13-33(3)17-22/h5-6,8-10,12,14-16,18,22H,7,11,13,17H2,1-4H3,(H,30,31,32). The van der Waals surface area contributed by atoms with Gasteiger partial charge in [0.1, 0.15) is 10.6 Å². The van der Waals surface area contributed by atoms with E-state index in [0.29, 0.717) is 17.4 Å². The van der Waals surface area contributed by atoms with Crippen molar-refractivity contribution in [2.24, 2.45) is 7.05 Å². The van der Waals surface area contributed by atoms with Gasteiger partial charge in [0.05, 0.1) is 11.9 Å². The van der Waals surface area contributed by atoms with Gasteiger partial charge in [-0.3, -0.25) is 4.68 Å². The molecule has 5 rings (SSSR count). The molecule has 3 heterocycles. The third-order valence-electron chi connectivity index (χ3n) is 6.83. The average Bonchev–Trinajstić information content (AvgIpc) is 3.31. The smallest absolute Gasteiger partial charge is 0.267 e. The molecule has 0 spiro atoms. The van der Waals surface area contributed by atoms with Crippen LogP contribution in [0.5, 0.6) is 11.6 Å². The van der Waals surface area contributed by atoms with E-state index < -0.39 is 10.0 Å². The Morgan fingerprint density at radius 2 is 1.79 bits per heavy atom. The number of rotatable bonds is 7. The van der Waals surface area contributed by atoms with Gasteiger partial charge in [-0.1, -0.05) is 30.3 Å². The van der Waals surface area contributed by atoms with Gasteiger partial charge in [0.25, 0.3) is 10.0 Å². The first-order valence-electron chi connectivity index (χ1n) is 12.6. The lowest BCUT2D eigenvalue weighted by molar-refractivity contribution is 0.250. The number of aromatic nitrogens is 4. The monoisotopic (exact) mass is 532 g/mol. The van der Waals surface area contributed by atoms with E-state index in [1.165, 1.54) is 22.6 Å². The Bertz CT molecular complexity index is 1550. The summed E-state index contributed by atoms with van der Waals surface area (Å²) < 4.78 is 36.2. The molecule has 0 radical (unpaired) electrons. The molecule has 9 nitrogen and oxygen atoms in total. The van der Waals surface area contributed by atoms with Crippen molar-refractivity contribution in [1.29, 1.82) is 0 Å². The maximum Gasteiger partial charge on any atom is 0.267 e. The normalized spacial score (nSPS) is 16.4. The van der Waals surface area contributed by atoms with E-state index in [2.05, 4.69) is 37.8 Å². The van der Waals surface area contributed by atoms with Gasteiger partial charge in [-0.05, 0) is 75.0 Å². The summed E-state index contributed by atoms with van der Waals surface area (Å²) in [6.45, 7) is 6.12. The zero-order valence-electron chi connectivity index (χ0n) is 22.0. The Kier molecular flexibility index (Phi) is 7.18. The second-order valence-corrected chi connectivity index (χ2v) is 11.6. The molecule has 1 N–H and O–H groups in total. The van der Waals surface area contributed by atoms with Crippen molar-refractivity contribution in [1.82, 2.24) is 24.6 Å². The molecule has 2 aromatic heterocycles. The maximum absolute atomic E-state index is 13.0. The molecule has 2 aromatic carbocycles. The highest BCUT2D eigenvalue weighted by molar-refractivity contribution is 7.92. The number of ether oxygens (including phenoxy) is 1. The molecule has 10 heteroatoms. The lowest BCUT2D eigenvalue weighted by Crippen LogP contribution is -2.30. The molecule has 0 amide bonds. The van der Waals surface area contributed by atoms with Crippen LogP contribution in [0.3, 0.4) is 0 Å². The molecule has 1 unspecified atom stereocenters. The molecule has 198 valence electrons. The van der Waals surface area contributed by atoms with Crippen molar-refractivity contribution in [2.45, 2.75) is 37.5 Å². The van der Waals surface area contributed by atoms with E-state index in [9.17, 15) is 8.42 Å². The Labute approximate surface area is 223 Å². The number of likely N-dealkylation sites (N-methyl/N-ethyl adjacent to an activating group) is 1. The van der Waals surface area contributed by atoms with Gasteiger partial charge in [-0.2, -0.15) is 10.1 Å². The molecular formula is C28H32N6O3S. The van der Waals surface area contributed by atoms with Gasteiger partial charge in [0.2, 0.25) is 11.8 Å². The summed E-state index contributed by atoms with van der Waals surface area (Å²) in [6.07, 6.45) is 5.00. The van der Waals surface area contributed by atoms with Crippen molar-refractivity contribution < 1.29 is 13.2 Å². The Balaban J connectivity index is 1.52. The highest BCUT2D eigenvalue weighted by atomic mass is 32.2. The van der Waals surface area contributed by atoms with Crippen LogP contribution in [0.25, 0.3) is 11.3 Å². The Morgan fingerprint density at radius 1 is 1.03 bits per heavy atom. The van der Waals surface area contributed by atoms with Crippen LogP contribution >= 0.6 is 0 Å². The number of aryl methyl sites for hydroxylation is 3. The van der Waals surface area contributed by atoms with Crippen LogP contribution in [-0.4, -0.2) is 53.2 Å². The summed E-state index contributed by atoms with van der Waals surface area (Å²) in [5.41, 5.74) is 4.72. The van der Waals surface area contributed by atoms with E-state index in [-0.39, 0.29) is 16.7 Å². The molecule has 0 aliphatic carbocycles. The highest BCUT2D eigenvalue weighted by Gasteiger charge is 2.22. The maximum atomic E-state index is 13.0. The first-order valence-corrected chi connectivity index (χ1v) is 14.1. The molecule has 0 bridgehead atoms. The topological polar surface area (TPSA) is 102 Å². The third kappa shape index (κ3) is 5.71. The summed E-state index contributed by atoms with van der Waals surface area (Å²) in [7, 11) is -0.142. The summed E-state index contributed by atoms with van der Waals surface area (Å²) in [4.78, 5) is 11.4. The Hall–Kier alpha value is -3.76. The van der Waals surface area contributed by atoms with Crippen LogP contribution in [0.15, 0.2) is 65.8 Å². The number of sulfonamides is 1. The molecule has 4 aromatic rings. The minimum atomic E-state index is -3.95. The summed E-state index contributed by atoms with van der Waals surface area (Å²) in [5, 5.41) is 3.97. The van der Waals surface area contributed by atoms with Crippen molar-refractivity contribution >= 4 is 16.0 Å². The fraction of sp³-hybridized carbons (Fsp3) is 0.321. The van der Waals surface area contributed by atoms with Crippen LogP contribution in [0.2, 0.25) is 0 Å². The summed E-state index contributed by atoms with van der Waals surface area (Å²) >= 11 is 0. The molecule has 0 saturated carbocycles.